The molecule has 1 heterocycles. The van der Waals surface area contributed by atoms with Crippen molar-refractivity contribution in [2.75, 3.05) is 0 Å². The van der Waals surface area contributed by atoms with Gasteiger partial charge in [0, 0.05) is 18.0 Å². The number of hydrogen-bond acceptors (Lipinski definition) is 2. The molecule has 1 aromatic carbocycles. The molecule has 0 saturated heterocycles. The Hall–Kier alpha value is -2.63. The summed E-state index contributed by atoms with van der Waals surface area (Å²) in [5.74, 6) is -1.89. The number of aromatic nitrogens is 1. The third kappa shape index (κ3) is 3.52. The van der Waals surface area contributed by atoms with Crippen molar-refractivity contribution in [3.8, 4) is 11.1 Å². The number of carboxylic acid groups (broad SMARTS) is 1. The smallest absolute Gasteiger partial charge is 0.326 e. The highest BCUT2D eigenvalue weighted by Gasteiger charge is 2.22. The van der Waals surface area contributed by atoms with Crippen LogP contribution < -0.4 is 5.32 Å². The number of hydrogen-bond donors (Lipinski definition) is 3. The number of amides is 1. The Kier molecular flexibility index (Phi) is 4.93. The molecule has 0 fully saturated rings. The summed E-state index contributed by atoms with van der Waals surface area (Å²) in [6.45, 7) is 1.85. The molecule has 1 aromatic heterocycles. The summed E-state index contributed by atoms with van der Waals surface area (Å²) in [7, 11) is 0. The van der Waals surface area contributed by atoms with E-state index in [1.807, 2.05) is 6.92 Å². The average molecular weight is 304 g/mol. The summed E-state index contributed by atoms with van der Waals surface area (Å²) >= 11 is 0. The van der Waals surface area contributed by atoms with Crippen LogP contribution in [0.25, 0.3) is 11.1 Å². The average Bonchev–Trinajstić information content (AvgIpc) is 2.97. The Bertz CT molecular complexity index is 664. The zero-order valence-electron chi connectivity index (χ0n) is 12.1. The Morgan fingerprint density at radius 1 is 1.27 bits per heavy atom. The highest BCUT2D eigenvalue weighted by molar-refractivity contribution is 6.02. The summed E-state index contributed by atoms with van der Waals surface area (Å²) in [6.07, 6.45) is 4.13. The maximum Gasteiger partial charge on any atom is 0.326 e. The number of H-pyrrole nitrogens is 1. The molecule has 1 amide bonds. The van der Waals surface area contributed by atoms with Gasteiger partial charge in [-0.15, -0.1) is 0 Å². The largest absolute Gasteiger partial charge is 0.480 e. The van der Waals surface area contributed by atoms with Gasteiger partial charge >= 0.3 is 5.97 Å². The van der Waals surface area contributed by atoms with Crippen LogP contribution in [0, 0.1) is 5.82 Å². The zero-order chi connectivity index (χ0) is 16.1. The van der Waals surface area contributed by atoms with E-state index in [4.69, 9.17) is 5.11 Å². The maximum absolute atomic E-state index is 13.0. The van der Waals surface area contributed by atoms with Crippen LogP contribution in [-0.4, -0.2) is 28.0 Å². The Balaban J connectivity index is 2.23. The van der Waals surface area contributed by atoms with Crippen molar-refractivity contribution in [3.05, 3.63) is 48.0 Å². The van der Waals surface area contributed by atoms with Crippen LogP contribution in [0.2, 0.25) is 0 Å². The monoisotopic (exact) mass is 304 g/mol. The standard InChI is InChI=1S/C16H17FN2O3/c1-2-3-14(16(21)22)19-15(20)13-9-18-8-12(13)10-4-6-11(17)7-5-10/h4-9,14,18H,2-3H2,1H3,(H,19,20)(H,21,22). The van der Waals surface area contributed by atoms with Gasteiger partial charge in [-0.3, -0.25) is 4.79 Å². The van der Waals surface area contributed by atoms with E-state index in [1.165, 1.54) is 18.3 Å². The van der Waals surface area contributed by atoms with Crippen molar-refractivity contribution >= 4 is 11.9 Å². The summed E-state index contributed by atoms with van der Waals surface area (Å²) < 4.78 is 13.0. The summed E-state index contributed by atoms with van der Waals surface area (Å²) in [5.41, 5.74) is 1.60. The van der Waals surface area contributed by atoms with Gasteiger partial charge in [-0.1, -0.05) is 25.5 Å². The molecule has 2 aromatic rings. The molecule has 0 spiro atoms. The Labute approximate surface area is 127 Å². The van der Waals surface area contributed by atoms with Gasteiger partial charge in [0.15, 0.2) is 0 Å². The molecular weight excluding hydrogens is 287 g/mol. The maximum atomic E-state index is 13.0. The zero-order valence-corrected chi connectivity index (χ0v) is 12.1. The van der Waals surface area contributed by atoms with Crippen molar-refractivity contribution in [1.82, 2.24) is 10.3 Å². The van der Waals surface area contributed by atoms with Crippen molar-refractivity contribution in [2.45, 2.75) is 25.8 Å². The summed E-state index contributed by atoms with van der Waals surface area (Å²) in [4.78, 5) is 26.2. The SMILES string of the molecule is CCCC(NC(=O)c1c[nH]cc1-c1ccc(F)cc1)C(=O)O. The lowest BCUT2D eigenvalue weighted by atomic mass is 10.0. The molecule has 1 unspecified atom stereocenters. The first-order valence-corrected chi connectivity index (χ1v) is 6.99. The minimum Gasteiger partial charge on any atom is -0.480 e. The van der Waals surface area contributed by atoms with Crippen LogP contribution in [0.4, 0.5) is 4.39 Å². The van der Waals surface area contributed by atoms with E-state index in [-0.39, 0.29) is 5.82 Å². The summed E-state index contributed by atoms with van der Waals surface area (Å²) in [5, 5.41) is 11.6. The predicted octanol–water partition coefficient (Wildman–Crippen LogP) is 2.80. The molecule has 0 aliphatic rings. The van der Waals surface area contributed by atoms with Gasteiger partial charge < -0.3 is 15.4 Å². The molecule has 22 heavy (non-hydrogen) atoms. The van der Waals surface area contributed by atoms with E-state index in [9.17, 15) is 14.0 Å². The molecule has 5 nitrogen and oxygen atoms in total. The lowest BCUT2D eigenvalue weighted by Gasteiger charge is -2.13. The fraction of sp³-hybridized carbons (Fsp3) is 0.250. The second-order valence-electron chi connectivity index (χ2n) is 4.94. The van der Waals surface area contributed by atoms with Crippen molar-refractivity contribution < 1.29 is 19.1 Å². The summed E-state index contributed by atoms with van der Waals surface area (Å²) in [6, 6.07) is 4.82. The molecule has 6 heteroatoms. The minimum atomic E-state index is -1.06. The van der Waals surface area contributed by atoms with E-state index >= 15 is 0 Å². The van der Waals surface area contributed by atoms with Gasteiger partial charge in [-0.05, 0) is 24.1 Å². The number of halogens is 1. The number of aliphatic carboxylic acids is 1. The topological polar surface area (TPSA) is 82.2 Å². The van der Waals surface area contributed by atoms with Crippen molar-refractivity contribution in [3.63, 3.8) is 0 Å². The molecule has 0 aliphatic heterocycles. The van der Waals surface area contributed by atoms with E-state index in [0.717, 1.165) is 0 Å². The van der Waals surface area contributed by atoms with Gasteiger partial charge in [0.25, 0.3) is 5.91 Å². The van der Waals surface area contributed by atoms with Gasteiger partial charge in [-0.2, -0.15) is 0 Å². The first-order valence-electron chi connectivity index (χ1n) is 6.99. The molecule has 0 aliphatic carbocycles. The van der Waals surface area contributed by atoms with Crippen LogP contribution in [0.5, 0.6) is 0 Å². The van der Waals surface area contributed by atoms with Crippen LogP contribution in [0.15, 0.2) is 36.7 Å². The molecule has 1 atom stereocenters. The van der Waals surface area contributed by atoms with E-state index < -0.39 is 17.9 Å². The molecule has 0 bridgehead atoms. The molecule has 2 rings (SSSR count). The van der Waals surface area contributed by atoms with Gasteiger partial charge in [-0.25, -0.2) is 9.18 Å². The molecule has 0 saturated carbocycles. The number of rotatable bonds is 6. The first kappa shape index (κ1) is 15.8. The van der Waals surface area contributed by atoms with Gasteiger partial charge in [0.1, 0.15) is 11.9 Å². The highest BCUT2D eigenvalue weighted by atomic mass is 19.1. The van der Waals surface area contributed by atoms with E-state index in [1.54, 1.807) is 18.3 Å². The number of carbonyl (C=O) groups is 2. The van der Waals surface area contributed by atoms with Gasteiger partial charge in [0.05, 0.1) is 5.56 Å². The predicted molar refractivity (Wildman–Crippen MR) is 80.0 cm³/mol. The third-order valence-electron chi connectivity index (χ3n) is 3.33. The fourth-order valence-electron chi connectivity index (χ4n) is 2.20. The molecule has 0 radical (unpaired) electrons. The second kappa shape index (κ2) is 6.89. The van der Waals surface area contributed by atoms with Crippen molar-refractivity contribution in [2.24, 2.45) is 0 Å². The number of nitrogens with one attached hydrogen (secondary N) is 2. The van der Waals surface area contributed by atoms with Crippen LogP contribution in [-0.2, 0) is 4.79 Å². The lowest BCUT2D eigenvalue weighted by Crippen LogP contribution is -2.40. The number of carbonyl (C=O) groups excluding carboxylic acids is 1. The number of benzene rings is 1. The van der Waals surface area contributed by atoms with E-state index in [2.05, 4.69) is 10.3 Å². The van der Waals surface area contributed by atoms with Gasteiger partial charge in [0.2, 0.25) is 0 Å². The second-order valence-corrected chi connectivity index (χ2v) is 4.94. The minimum absolute atomic E-state index is 0.328. The third-order valence-corrected chi connectivity index (χ3v) is 3.33. The Morgan fingerprint density at radius 2 is 1.95 bits per heavy atom. The van der Waals surface area contributed by atoms with Crippen LogP contribution in [0.1, 0.15) is 30.1 Å². The number of carboxylic acids is 1. The van der Waals surface area contributed by atoms with Crippen molar-refractivity contribution in [1.29, 1.82) is 0 Å². The number of aromatic amines is 1. The van der Waals surface area contributed by atoms with Crippen LogP contribution >= 0.6 is 0 Å². The normalized spacial score (nSPS) is 11.9. The fourth-order valence-corrected chi connectivity index (χ4v) is 2.20. The van der Waals surface area contributed by atoms with Crippen LogP contribution in [0.3, 0.4) is 0 Å². The molecule has 116 valence electrons. The van der Waals surface area contributed by atoms with E-state index in [0.29, 0.717) is 29.5 Å². The Morgan fingerprint density at radius 3 is 2.55 bits per heavy atom. The highest BCUT2D eigenvalue weighted by Crippen LogP contribution is 2.23. The molecular formula is C16H17FN2O3. The lowest BCUT2D eigenvalue weighted by molar-refractivity contribution is -0.139. The first-order chi connectivity index (χ1) is 10.5. The molecule has 3 N–H and O–H groups in total. The quantitative estimate of drug-likeness (QED) is 0.767.